The zero-order valence-electron chi connectivity index (χ0n) is 9.19. The third-order valence-electron chi connectivity index (χ3n) is 2.02. The van der Waals surface area contributed by atoms with Crippen LogP contribution < -0.4 is 0 Å². The monoisotopic (exact) mass is 224 g/mol. The van der Waals surface area contributed by atoms with Crippen LogP contribution in [0.1, 0.15) is 0 Å². The Morgan fingerprint density at radius 3 is 2.06 bits per heavy atom. The predicted octanol–water partition coefficient (Wildman–Crippen LogP) is 2.55. The highest BCUT2D eigenvalue weighted by molar-refractivity contribution is 5.53. The largest absolute Gasteiger partial charge is 0.345 e. The molecule has 17 heavy (non-hydrogen) atoms. The van der Waals surface area contributed by atoms with Crippen molar-refractivity contribution in [3.05, 3.63) is 67.5 Å². The number of aromatic nitrogens is 4. The van der Waals surface area contributed by atoms with Gasteiger partial charge in [-0.3, -0.25) is 0 Å². The summed E-state index contributed by atoms with van der Waals surface area (Å²) in [6.45, 7) is 0. The second-order valence-electron chi connectivity index (χ2n) is 3.21. The normalized spacial score (nSPS) is 9.18. The first-order chi connectivity index (χ1) is 8.47. The van der Waals surface area contributed by atoms with E-state index in [1.54, 1.807) is 24.7 Å². The van der Waals surface area contributed by atoms with Crippen molar-refractivity contribution < 1.29 is 0 Å². The summed E-state index contributed by atoms with van der Waals surface area (Å²) in [5.41, 5.74) is 1.12. The van der Waals surface area contributed by atoms with Gasteiger partial charge in [-0.25, -0.2) is 15.0 Å². The Hall–Kier alpha value is -2.49. The van der Waals surface area contributed by atoms with Crippen LogP contribution in [0.2, 0.25) is 0 Å². The lowest BCUT2D eigenvalue weighted by molar-refractivity contribution is 1.17. The molecule has 2 heterocycles. The summed E-state index contributed by atoms with van der Waals surface area (Å²) < 4.78 is 0. The molecule has 0 aliphatic rings. The third-order valence-corrected chi connectivity index (χ3v) is 2.02. The summed E-state index contributed by atoms with van der Waals surface area (Å²) in [6.07, 6.45) is 8.45. The standard InChI is InChI=1S/C9H8N2.C4H4N2/c1-2-4-8(5-3-1)9-10-6-7-11-9;1-2-5-4-6-3-1/h1-7H,(H,10,11);1-4H. The molecule has 0 unspecified atom stereocenters. The summed E-state index contributed by atoms with van der Waals surface area (Å²) in [5, 5.41) is 0. The molecule has 4 nitrogen and oxygen atoms in total. The van der Waals surface area contributed by atoms with E-state index in [4.69, 9.17) is 0 Å². The molecule has 0 radical (unpaired) electrons. The number of nitrogens with one attached hydrogen (secondary N) is 1. The third kappa shape index (κ3) is 3.53. The predicted molar refractivity (Wildman–Crippen MR) is 66.1 cm³/mol. The van der Waals surface area contributed by atoms with Gasteiger partial charge >= 0.3 is 0 Å². The van der Waals surface area contributed by atoms with Crippen LogP contribution in [0.5, 0.6) is 0 Å². The molecule has 0 saturated heterocycles. The number of imidazole rings is 1. The zero-order chi connectivity index (χ0) is 11.8. The van der Waals surface area contributed by atoms with Gasteiger partial charge in [-0.15, -0.1) is 0 Å². The molecule has 0 aliphatic heterocycles. The van der Waals surface area contributed by atoms with Gasteiger partial charge in [-0.1, -0.05) is 30.3 Å². The van der Waals surface area contributed by atoms with E-state index in [0.29, 0.717) is 0 Å². The van der Waals surface area contributed by atoms with Crippen LogP contribution in [0.3, 0.4) is 0 Å². The van der Waals surface area contributed by atoms with Crippen LogP contribution in [0, 0.1) is 0 Å². The Morgan fingerprint density at radius 2 is 1.59 bits per heavy atom. The van der Waals surface area contributed by atoms with Crippen molar-refractivity contribution in [3.8, 4) is 11.4 Å². The van der Waals surface area contributed by atoms with Crippen molar-refractivity contribution in [2.24, 2.45) is 0 Å². The van der Waals surface area contributed by atoms with Crippen LogP contribution in [0.25, 0.3) is 11.4 Å². The lowest BCUT2D eigenvalue weighted by Crippen LogP contribution is -1.77. The summed E-state index contributed by atoms with van der Waals surface area (Å²) in [6, 6.07) is 11.8. The first-order valence-electron chi connectivity index (χ1n) is 5.21. The minimum absolute atomic E-state index is 0.922. The van der Waals surface area contributed by atoms with Crippen molar-refractivity contribution >= 4 is 0 Å². The summed E-state index contributed by atoms with van der Waals surface area (Å²) >= 11 is 0. The number of hydrogen-bond acceptors (Lipinski definition) is 3. The SMILES string of the molecule is c1ccc(-c2ncc[nH]2)cc1.c1cncnc1. The van der Waals surface area contributed by atoms with Gasteiger partial charge in [0.2, 0.25) is 0 Å². The second kappa shape index (κ2) is 6.17. The van der Waals surface area contributed by atoms with Crippen LogP contribution >= 0.6 is 0 Å². The highest BCUT2D eigenvalue weighted by Crippen LogP contribution is 2.11. The number of benzene rings is 1. The maximum absolute atomic E-state index is 4.13. The van der Waals surface area contributed by atoms with Gasteiger partial charge in [0.25, 0.3) is 0 Å². The van der Waals surface area contributed by atoms with E-state index in [2.05, 4.69) is 19.9 Å². The molecule has 1 N–H and O–H groups in total. The van der Waals surface area contributed by atoms with E-state index in [1.807, 2.05) is 36.5 Å². The molecule has 0 spiro atoms. The lowest BCUT2D eigenvalue weighted by atomic mass is 10.2. The van der Waals surface area contributed by atoms with E-state index < -0.39 is 0 Å². The fourth-order valence-electron chi connectivity index (χ4n) is 1.27. The minimum Gasteiger partial charge on any atom is -0.345 e. The van der Waals surface area contributed by atoms with Gasteiger partial charge < -0.3 is 4.98 Å². The van der Waals surface area contributed by atoms with Crippen molar-refractivity contribution in [2.45, 2.75) is 0 Å². The number of H-pyrrole nitrogens is 1. The smallest absolute Gasteiger partial charge is 0.137 e. The molecular weight excluding hydrogens is 212 g/mol. The Labute approximate surface area is 99.4 Å². The molecule has 0 atom stereocenters. The number of rotatable bonds is 1. The average Bonchev–Trinajstić information content (AvgIpc) is 2.96. The Kier molecular flexibility index (Phi) is 4.00. The van der Waals surface area contributed by atoms with Crippen molar-refractivity contribution in [1.82, 2.24) is 19.9 Å². The zero-order valence-corrected chi connectivity index (χ0v) is 9.19. The van der Waals surface area contributed by atoms with Gasteiger partial charge in [0.05, 0.1) is 0 Å². The van der Waals surface area contributed by atoms with Crippen molar-refractivity contribution in [2.75, 3.05) is 0 Å². The Morgan fingerprint density at radius 1 is 0.824 bits per heavy atom. The van der Waals surface area contributed by atoms with E-state index in [-0.39, 0.29) is 0 Å². The van der Waals surface area contributed by atoms with Gasteiger partial charge in [-0.05, 0) is 6.07 Å². The molecule has 1 aromatic carbocycles. The van der Waals surface area contributed by atoms with Crippen LogP contribution in [-0.4, -0.2) is 19.9 Å². The molecule has 84 valence electrons. The highest BCUT2D eigenvalue weighted by atomic mass is 14.9. The van der Waals surface area contributed by atoms with E-state index in [9.17, 15) is 0 Å². The van der Waals surface area contributed by atoms with Crippen molar-refractivity contribution in [1.29, 1.82) is 0 Å². The topological polar surface area (TPSA) is 54.5 Å². The number of aromatic amines is 1. The fourth-order valence-corrected chi connectivity index (χ4v) is 1.27. The maximum atomic E-state index is 4.13. The Bertz CT molecular complexity index is 479. The average molecular weight is 224 g/mol. The Balaban J connectivity index is 0.000000153. The first kappa shape index (κ1) is 11.0. The molecule has 0 bridgehead atoms. The quantitative estimate of drug-likeness (QED) is 0.691. The summed E-state index contributed by atoms with van der Waals surface area (Å²) in [4.78, 5) is 14.5. The highest BCUT2D eigenvalue weighted by Gasteiger charge is 1.94. The van der Waals surface area contributed by atoms with Crippen LogP contribution in [0.15, 0.2) is 67.5 Å². The van der Waals surface area contributed by atoms with Gasteiger partial charge in [0, 0.05) is 30.4 Å². The molecule has 4 heteroatoms. The van der Waals surface area contributed by atoms with Crippen LogP contribution in [0.4, 0.5) is 0 Å². The second-order valence-corrected chi connectivity index (χ2v) is 3.21. The molecule has 3 aromatic rings. The molecule has 0 fully saturated rings. The van der Waals surface area contributed by atoms with Crippen LogP contribution in [-0.2, 0) is 0 Å². The maximum Gasteiger partial charge on any atom is 0.137 e. The number of hydrogen-bond donors (Lipinski definition) is 1. The molecule has 0 aliphatic carbocycles. The van der Waals surface area contributed by atoms with Crippen molar-refractivity contribution in [3.63, 3.8) is 0 Å². The number of nitrogens with zero attached hydrogens (tertiary/aromatic N) is 3. The summed E-state index contributed by atoms with van der Waals surface area (Å²) in [7, 11) is 0. The van der Waals surface area contributed by atoms with E-state index in [0.717, 1.165) is 11.4 Å². The van der Waals surface area contributed by atoms with E-state index >= 15 is 0 Å². The molecule has 3 rings (SSSR count). The van der Waals surface area contributed by atoms with Gasteiger partial charge in [0.1, 0.15) is 12.2 Å². The molecule has 0 amide bonds. The van der Waals surface area contributed by atoms with E-state index in [1.165, 1.54) is 6.33 Å². The molecular formula is C13H12N4. The van der Waals surface area contributed by atoms with Gasteiger partial charge in [-0.2, -0.15) is 0 Å². The lowest BCUT2D eigenvalue weighted by Gasteiger charge is -1.92. The molecule has 2 aromatic heterocycles. The first-order valence-corrected chi connectivity index (χ1v) is 5.21. The minimum atomic E-state index is 0.922. The van der Waals surface area contributed by atoms with Gasteiger partial charge in [0.15, 0.2) is 0 Å². The summed E-state index contributed by atoms with van der Waals surface area (Å²) in [5.74, 6) is 0.922. The fraction of sp³-hybridized carbons (Fsp3) is 0. The molecule has 0 saturated carbocycles.